The lowest BCUT2D eigenvalue weighted by molar-refractivity contribution is -0.0845. The maximum atomic E-state index is 13.0. The molecule has 7 nitrogen and oxygen atoms in total. The number of hydrogen-bond donors (Lipinski definition) is 1. The van der Waals surface area contributed by atoms with Gasteiger partial charge in [-0.3, -0.25) is 9.69 Å². The van der Waals surface area contributed by atoms with Crippen LogP contribution in [0.5, 0.6) is 0 Å². The second-order valence-electron chi connectivity index (χ2n) is 8.81. The molecular formula is C23H37Cl2N3O4S. The van der Waals surface area contributed by atoms with Crippen LogP contribution < -0.4 is 5.32 Å². The van der Waals surface area contributed by atoms with Crippen LogP contribution in [0.1, 0.15) is 55.8 Å². The Labute approximate surface area is 209 Å². The van der Waals surface area contributed by atoms with Crippen molar-refractivity contribution >= 4 is 39.9 Å². The Bertz CT molecular complexity index is 851. The number of methoxy groups -OCH3 is 1. The molecule has 1 heterocycles. The highest BCUT2D eigenvalue weighted by atomic mass is 35.5. The largest absolute Gasteiger partial charge is 0.360 e. The topological polar surface area (TPSA) is 79.0 Å². The number of benzene rings is 1. The van der Waals surface area contributed by atoms with Crippen molar-refractivity contribution < 1.29 is 17.9 Å². The zero-order valence-corrected chi connectivity index (χ0v) is 21.9. The van der Waals surface area contributed by atoms with E-state index in [9.17, 15) is 13.2 Å². The Morgan fingerprint density at radius 3 is 2.48 bits per heavy atom. The first-order valence-electron chi connectivity index (χ1n) is 11.6. The minimum absolute atomic E-state index is 0. The molecular weight excluding hydrogens is 485 g/mol. The Hall–Kier alpha value is -0.900. The number of amides is 1. The highest BCUT2D eigenvalue weighted by Crippen LogP contribution is 2.39. The molecule has 1 aromatic rings. The zero-order chi connectivity index (χ0) is 23.2. The quantitative estimate of drug-likeness (QED) is 0.321. The minimum Gasteiger partial charge on any atom is -0.360 e. The minimum atomic E-state index is -3.23. The lowest BCUT2D eigenvalue weighted by Gasteiger charge is -2.51. The summed E-state index contributed by atoms with van der Waals surface area (Å²) in [5.41, 5.74) is 0.0964. The molecule has 188 valence electrons. The molecule has 1 aromatic carbocycles. The van der Waals surface area contributed by atoms with Crippen molar-refractivity contribution in [2.45, 2.75) is 62.6 Å². The van der Waals surface area contributed by atoms with E-state index in [1.807, 2.05) is 25.1 Å². The number of hydrogen-bond acceptors (Lipinski definition) is 5. The van der Waals surface area contributed by atoms with Gasteiger partial charge in [0.05, 0.1) is 11.3 Å². The van der Waals surface area contributed by atoms with Crippen LogP contribution in [-0.4, -0.2) is 79.7 Å². The summed E-state index contributed by atoms with van der Waals surface area (Å²) in [5.74, 6) is -0.00762. The number of carbonyl (C=O) groups excluding carboxylic acids is 1. The Morgan fingerprint density at radius 1 is 1.21 bits per heavy atom. The van der Waals surface area contributed by atoms with Crippen LogP contribution in [0.4, 0.5) is 0 Å². The summed E-state index contributed by atoms with van der Waals surface area (Å²) in [5, 5.41) is 3.09. The number of sulfonamides is 1. The molecule has 1 amide bonds. The maximum Gasteiger partial charge on any atom is 0.253 e. The van der Waals surface area contributed by atoms with Crippen molar-refractivity contribution in [3.8, 4) is 0 Å². The first-order valence-corrected chi connectivity index (χ1v) is 13.6. The van der Waals surface area contributed by atoms with Gasteiger partial charge in [0.15, 0.2) is 0 Å². The molecule has 1 aliphatic carbocycles. The smallest absolute Gasteiger partial charge is 0.253 e. The van der Waals surface area contributed by atoms with E-state index in [1.54, 1.807) is 23.5 Å². The molecule has 10 heteroatoms. The summed E-state index contributed by atoms with van der Waals surface area (Å²) >= 11 is 6.72. The lowest BCUT2D eigenvalue weighted by Crippen LogP contribution is -2.67. The van der Waals surface area contributed by atoms with Gasteiger partial charge in [0.1, 0.15) is 6.23 Å². The number of piperazine rings is 1. The fourth-order valence-corrected chi connectivity index (χ4v) is 6.99. The van der Waals surface area contributed by atoms with E-state index in [2.05, 4.69) is 10.2 Å². The van der Waals surface area contributed by atoms with Crippen molar-refractivity contribution in [3.63, 3.8) is 0 Å². The van der Waals surface area contributed by atoms with Crippen LogP contribution in [0.2, 0.25) is 0 Å². The molecule has 1 aliphatic heterocycles. The fraction of sp³-hybridized carbons (Fsp3) is 0.696. The molecule has 1 saturated carbocycles. The number of nitrogens with zero attached hydrogens (tertiary/aromatic N) is 2. The Balaban J connectivity index is 0.00000385. The summed E-state index contributed by atoms with van der Waals surface area (Å²) in [6.07, 6.45) is 4.53. The highest BCUT2D eigenvalue weighted by molar-refractivity contribution is 7.89. The third-order valence-corrected chi connectivity index (χ3v) is 9.15. The summed E-state index contributed by atoms with van der Waals surface area (Å²) in [7, 11) is -1.61. The van der Waals surface area contributed by atoms with Crippen molar-refractivity contribution in [2.24, 2.45) is 0 Å². The van der Waals surface area contributed by atoms with Crippen LogP contribution in [0, 0.1) is 0 Å². The Kier molecular flexibility index (Phi) is 10.9. The second-order valence-corrected chi connectivity index (χ2v) is 11.5. The van der Waals surface area contributed by atoms with Gasteiger partial charge in [-0.05, 0) is 37.8 Å². The monoisotopic (exact) mass is 521 g/mol. The molecule has 0 spiro atoms. The molecule has 0 bridgehead atoms. The van der Waals surface area contributed by atoms with Crippen LogP contribution >= 0.6 is 24.0 Å². The van der Waals surface area contributed by atoms with Crippen molar-refractivity contribution in [2.75, 3.05) is 39.0 Å². The third-order valence-electron chi connectivity index (χ3n) is 6.70. The van der Waals surface area contributed by atoms with Crippen LogP contribution in [0.15, 0.2) is 30.3 Å². The average molecular weight is 523 g/mol. The van der Waals surface area contributed by atoms with Crippen LogP contribution in [-0.2, 0) is 14.8 Å². The van der Waals surface area contributed by atoms with E-state index in [0.29, 0.717) is 44.6 Å². The number of carbonyl (C=O) groups is 1. The van der Waals surface area contributed by atoms with Gasteiger partial charge in [-0.1, -0.05) is 38.0 Å². The van der Waals surface area contributed by atoms with E-state index in [4.69, 9.17) is 16.3 Å². The predicted octanol–water partition coefficient (Wildman–Crippen LogP) is 3.48. The average Bonchev–Trinajstić information content (AvgIpc) is 3.00. The maximum absolute atomic E-state index is 13.0. The molecule has 3 rings (SSSR count). The van der Waals surface area contributed by atoms with Gasteiger partial charge in [-0.15, -0.1) is 24.0 Å². The number of halogens is 2. The highest BCUT2D eigenvalue weighted by Gasteiger charge is 2.48. The molecule has 2 fully saturated rings. The normalized spacial score (nSPS) is 26.1. The molecule has 2 aliphatic rings. The second kappa shape index (κ2) is 12.7. The van der Waals surface area contributed by atoms with E-state index in [-0.39, 0.29) is 29.4 Å². The van der Waals surface area contributed by atoms with Gasteiger partial charge in [-0.25, -0.2) is 8.42 Å². The van der Waals surface area contributed by atoms with E-state index in [1.165, 1.54) is 0 Å². The van der Waals surface area contributed by atoms with Gasteiger partial charge < -0.3 is 10.1 Å². The van der Waals surface area contributed by atoms with Gasteiger partial charge in [0.25, 0.3) is 5.91 Å². The summed E-state index contributed by atoms with van der Waals surface area (Å²) < 4.78 is 32.6. The predicted molar refractivity (Wildman–Crippen MR) is 135 cm³/mol. The van der Waals surface area contributed by atoms with Gasteiger partial charge in [0, 0.05) is 44.2 Å². The van der Waals surface area contributed by atoms with Crippen molar-refractivity contribution in [1.82, 2.24) is 14.5 Å². The Morgan fingerprint density at radius 2 is 1.88 bits per heavy atom. The van der Waals surface area contributed by atoms with E-state index in [0.717, 1.165) is 25.7 Å². The van der Waals surface area contributed by atoms with Crippen LogP contribution in [0.25, 0.3) is 0 Å². The van der Waals surface area contributed by atoms with E-state index >= 15 is 0 Å². The van der Waals surface area contributed by atoms with Gasteiger partial charge in [0.2, 0.25) is 10.0 Å². The van der Waals surface area contributed by atoms with Gasteiger partial charge >= 0.3 is 0 Å². The summed E-state index contributed by atoms with van der Waals surface area (Å²) in [4.78, 5) is 15.3. The fourth-order valence-electron chi connectivity index (χ4n) is 5.08. The summed E-state index contributed by atoms with van der Waals surface area (Å²) in [6.45, 7) is 3.95. The first kappa shape index (κ1) is 28.3. The number of alkyl halides is 1. The molecule has 0 radical (unpaired) electrons. The number of ether oxygens (including phenoxy) is 1. The zero-order valence-electron chi connectivity index (χ0n) is 19.5. The SMILES string of the molecule is CCCS(=O)(=O)N1CCN(C2(C(NC(=O)c3ccccc3)OC)CCCCC(Cl)C2)CC1.Cl. The first-order chi connectivity index (χ1) is 15.3. The third kappa shape index (κ3) is 6.83. The van der Waals surface area contributed by atoms with E-state index < -0.39 is 21.8 Å². The molecule has 0 aromatic heterocycles. The molecule has 33 heavy (non-hydrogen) atoms. The molecule has 3 unspecified atom stereocenters. The number of nitrogens with one attached hydrogen (secondary N) is 1. The molecule has 1 saturated heterocycles. The number of rotatable bonds is 8. The molecule has 3 atom stereocenters. The van der Waals surface area contributed by atoms with Gasteiger partial charge in [-0.2, -0.15) is 4.31 Å². The van der Waals surface area contributed by atoms with Crippen molar-refractivity contribution in [1.29, 1.82) is 0 Å². The standard InChI is InChI=1S/C23H36ClN3O4S.ClH/c1-3-17-32(29,30)27-15-13-26(14-16-27)23(12-8-7-11-20(24)18-23)22(31-2)25-21(28)19-9-5-4-6-10-19;/h4-6,9-10,20,22H,3,7-8,11-18H2,1-2H3,(H,25,28);1H. The van der Waals surface area contributed by atoms with Crippen LogP contribution in [0.3, 0.4) is 0 Å². The lowest BCUT2D eigenvalue weighted by atomic mass is 9.84. The van der Waals surface area contributed by atoms with Crippen molar-refractivity contribution in [3.05, 3.63) is 35.9 Å². The molecule has 1 N–H and O–H groups in total. The summed E-state index contributed by atoms with van der Waals surface area (Å²) in [6, 6.07) is 9.11.